The van der Waals surface area contributed by atoms with Crippen molar-refractivity contribution >= 4 is 18.1 Å². The molecule has 1 N–H and O–H groups in total. The van der Waals surface area contributed by atoms with Crippen LogP contribution >= 0.6 is 12.4 Å². The van der Waals surface area contributed by atoms with Crippen LogP contribution in [-0.4, -0.2) is 7.05 Å². The molecule has 0 aliphatic heterocycles. The summed E-state index contributed by atoms with van der Waals surface area (Å²) < 4.78 is 36.0. The Kier molecular flexibility index (Phi) is 4.07. The Morgan fingerprint density at radius 3 is 1.85 bits per heavy atom. The molecule has 0 aromatic heterocycles. The van der Waals surface area contributed by atoms with Crippen molar-refractivity contribution in [3.05, 3.63) is 29.8 Å². The number of hydrogen-bond acceptors (Lipinski definition) is 1. The van der Waals surface area contributed by atoms with Crippen LogP contribution in [0.4, 0.5) is 18.9 Å². The van der Waals surface area contributed by atoms with Crippen LogP contribution in [0.15, 0.2) is 24.3 Å². The van der Waals surface area contributed by atoms with Crippen molar-refractivity contribution in [3.63, 3.8) is 0 Å². The molecule has 0 aliphatic carbocycles. The van der Waals surface area contributed by atoms with Gasteiger partial charge in [-0.2, -0.15) is 13.2 Å². The van der Waals surface area contributed by atoms with E-state index in [1.54, 1.807) is 7.05 Å². The van der Waals surface area contributed by atoms with Gasteiger partial charge in [-0.1, -0.05) is 0 Å². The van der Waals surface area contributed by atoms with Gasteiger partial charge in [0.1, 0.15) is 0 Å². The first-order valence-electron chi connectivity index (χ1n) is 3.39. The maximum absolute atomic E-state index is 12.0. The molecule has 0 radical (unpaired) electrons. The van der Waals surface area contributed by atoms with Crippen molar-refractivity contribution in [1.29, 1.82) is 0 Å². The monoisotopic (exact) mass is 211 g/mol. The predicted molar refractivity (Wildman–Crippen MR) is 48.2 cm³/mol. The second kappa shape index (κ2) is 4.37. The number of hydrogen-bond donors (Lipinski definition) is 1. The van der Waals surface area contributed by atoms with Gasteiger partial charge in [0.2, 0.25) is 0 Å². The summed E-state index contributed by atoms with van der Waals surface area (Å²) in [5.74, 6) is 0. The highest BCUT2D eigenvalue weighted by Gasteiger charge is 2.29. The highest BCUT2D eigenvalue weighted by atomic mass is 35.5. The largest absolute Gasteiger partial charge is 0.416 e. The van der Waals surface area contributed by atoms with Gasteiger partial charge in [0.05, 0.1) is 5.56 Å². The average molecular weight is 212 g/mol. The molecule has 13 heavy (non-hydrogen) atoms. The van der Waals surface area contributed by atoms with Gasteiger partial charge in [-0.15, -0.1) is 12.4 Å². The Morgan fingerprint density at radius 2 is 1.54 bits per heavy atom. The lowest BCUT2D eigenvalue weighted by molar-refractivity contribution is -0.137. The van der Waals surface area contributed by atoms with Crippen LogP contribution in [0.5, 0.6) is 0 Å². The van der Waals surface area contributed by atoms with E-state index in [2.05, 4.69) is 5.32 Å². The molecule has 0 saturated heterocycles. The minimum Gasteiger partial charge on any atom is -0.388 e. The van der Waals surface area contributed by atoms with Crippen molar-refractivity contribution in [1.82, 2.24) is 0 Å². The third-order valence-corrected chi connectivity index (χ3v) is 1.50. The lowest BCUT2D eigenvalue weighted by atomic mass is 10.2. The fourth-order valence-electron chi connectivity index (χ4n) is 0.826. The van der Waals surface area contributed by atoms with E-state index in [4.69, 9.17) is 0 Å². The van der Waals surface area contributed by atoms with Crippen LogP contribution in [0, 0.1) is 0 Å². The average Bonchev–Trinajstić information content (AvgIpc) is 2.03. The summed E-state index contributed by atoms with van der Waals surface area (Å²) in [4.78, 5) is 0. The fourth-order valence-corrected chi connectivity index (χ4v) is 0.826. The van der Waals surface area contributed by atoms with Gasteiger partial charge in [-0.3, -0.25) is 0 Å². The molecule has 1 nitrogen and oxygen atoms in total. The van der Waals surface area contributed by atoms with E-state index < -0.39 is 11.7 Å². The van der Waals surface area contributed by atoms with Gasteiger partial charge in [-0.05, 0) is 24.3 Å². The van der Waals surface area contributed by atoms with E-state index in [-0.39, 0.29) is 12.4 Å². The molecule has 1 aromatic carbocycles. The number of rotatable bonds is 1. The summed E-state index contributed by atoms with van der Waals surface area (Å²) >= 11 is 0. The lowest BCUT2D eigenvalue weighted by Crippen LogP contribution is -2.04. The Hall–Kier alpha value is -0.900. The smallest absolute Gasteiger partial charge is 0.388 e. The topological polar surface area (TPSA) is 12.0 Å². The number of benzene rings is 1. The molecule has 5 heteroatoms. The molecule has 0 saturated carbocycles. The van der Waals surface area contributed by atoms with Crippen LogP contribution in [0.25, 0.3) is 0 Å². The maximum atomic E-state index is 12.0. The fraction of sp³-hybridized carbons (Fsp3) is 0.250. The van der Waals surface area contributed by atoms with Crippen molar-refractivity contribution in [2.75, 3.05) is 12.4 Å². The Bertz CT molecular complexity index is 255. The summed E-state index contributed by atoms with van der Waals surface area (Å²) in [6, 6.07) is 4.88. The molecule has 0 spiro atoms. The van der Waals surface area contributed by atoms with Crippen LogP contribution in [0.2, 0.25) is 0 Å². The number of nitrogens with one attached hydrogen (secondary N) is 1. The Labute approximate surface area is 80.4 Å². The van der Waals surface area contributed by atoms with Gasteiger partial charge in [0.25, 0.3) is 0 Å². The van der Waals surface area contributed by atoms with Crippen molar-refractivity contribution in [2.24, 2.45) is 0 Å². The quantitative estimate of drug-likeness (QED) is 0.753. The van der Waals surface area contributed by atoms with Crippen molar-refractivity contribution < 1.29 is 13.2 Å². The van der Waals surface area contributed by atoms with Crippen LogP contribution in [0.1, 0.15) is 5.56 Å². The minimum atomic E-state index is -4.24. The summed E-state index contributed by atoms with van der Waals surface area (Å²) in [6.07, 6.45) is -4.24. The Morgan fingerprint density at radius 1 is 1.08 bits per heavy atom. The molecule has 1 rings (SSSR count). The highest BCUT2D eigenvalue weighted by Crippen LogP contribution is 2.29. The molecule has 0 atom stereocenters. The summed E-state index contributed by atoms with van der Waals surface area (Å²) in [7, 11) is 1.66. The third kappa shape index (κ3) is 3.14. The maximum Gasteiger partial charge on any atom is 0.416 e. The van der Waals surface area contributed by atoms with Crippen LogP contribution < -0.4 is 5.32 Å². The van der Waals surface area contributed by atoms with Crippen molar-refractivity contribution in [3.8, 4) is 0 Å². The summed E-state index contributed by atoms with van der Waals surface area (Å²) in [5, 5.41) is 2.74. The van der Waals surface area contributed by atoms with E-state index >= 15 is 0 Å². The van der Waals surface area contributed by atoms with E-state index in [0.29, 0.717) is 5.69 Å². The third-order valence-electron chi connectivity index (χ3n) is 1.50. The molecule has 74 valence electrons. The molecular weight excluding hydrogens is 203 g/mol. The number of anilines is 1. The molecule has 0 aliphatic rings. The number of alkyl halides is 3. The molecule has 0 amide bonds. The molecular formula is C8H9ClF3N. The van der Waals surface area contributed by atoms with E-state index in [9.17, 15) is 13.2 Å². The highest BCUT2D eigenvalue weighted by molar-refractivity contribution is 5.85. The SMILES string of the molecule is CNc1ccc(C(F)(F)F)cc1.Cl. The normalized spacial score (nSPS) is 10.5. The second-order valence-electron chi connectivity index (χ2n) is 2.33. The summed E-state index contributed by atoms with van der Waals surface area (Å²) in [6.45, 7) is 0. The number of halogens is 4. The van der Waals surface area contributed by atoms with Gasteiger partial charge in [-0.25, -0.2) is 0 Å². The zero-order valence-electron chi connectivity index (χ0n) is 6.85. The van der Waals surface area contributed by atoms with Crippen LogP contribution in [0.3, 0.4) is 0 Å². The zero-order chi connectivity index (χ0) is 9.19. The first-order chi connectivity index (χ1) is 5.54. The molecule has 0 unspecified atom stereocenters. The van der Waals surface area contributed by atoms with Crippen LogP contribution in [-0.2, 0) is 6.18 Å². The molecule has 0 bridgehead atoms. The Balaban J connectivity index is 0.00000144. The standard InChI is InChI=1S/C8H8F3N.ClH/c1-12-7-4-2-6(3-5-7)8(9,10)11;/h2-5,12H,1H3;1H. The van der Waals surface area contributed by atoms with E-state index in [1.807, 2.05) is 0 Å². The summed E-state index contributed by atoms with van der Waals surface area (Å²) in [5.41, 5.74) is 0.0458. The minimum absolute atomic E-state index is 0. The van der Waals surface area contributed by atoms with E-state index in [0.717, 1.165) is 12.1 Å². The molecule has 0 fully saturated rings. The van der Waals surface area contributed by atoms with E-state index in [1.165, 1.54) is 12.1 Å². The predicted octanol–water partition coefficient (Wildman–Crippen LogP) is 3.17. The molecule has 0 heterocycles. The van der Waals surface area contributed by atoms with Gasteiger partial charge in [0.15, 0.2) is 0 Å². The van der Waals surface area contributed by atoms with Gasteiger partial charge in [0, 0.05) is 12.7 Å². The zero-order valence-corrected chi connectivity index (χ0v) is 7.67. The van der Waals surface area contributed by atoms with Gasteiger partial charge < -0.3 is 5.32 Å². The van der Waals surface area contributed by atoms with Crippen molar-refractivity contribution in [2.45, 2.75) is 6.18 Å². The lowest BCUT2D eigenvalue weighted by Gasteiger charge is -2.06. The second-order valence-corrected chi connectivity index (χ2v) is 2.33. The first-order valence-corrected chi connectivity index (χ1v) is 3.39. The first kappa shape index (κ1) is 12.1. The van der Waals surface area contributed by atoms with Gasteiger partial charge >= 0.3 is 6.18 Å². The molecule has 1 aromatic rings.